The molecule has 3 aromatic rings. The number of carbonyl (C=O) groups excluding carboxylic acids is 2. The third kappa shape index (κ3) is 7.97. The number of amides is 2. The summed E-state index contributed by atoms with van der Waals surface area (Å²) in [5, 5.41) is 15.3. The molecule has 0 saturated heterocycles. The average Bonchev–Trinajstić information content (AvgIpc) is 2.99. The van der Waals surface area contributed by atoms with Crippen molar-refractivity contribution in [3.05, 3.63) is 45.8 Å². The molecule has 0 unspecified atom stereocenters. The van der Waals surface area contributed by atoms with Crippen molar-refractivity contribution in [2.24, 2.45) is 13.0 Å². The van der Waals surface area contributed by atoms with Crippen LogP contribution in [-0.2, 0) is 32.2 Å². The molecule has 246 valence electrons. The minimum Gasteiger partial charge on any atom is -0.477 e. The van der Waals surface area contributed by atoms with E-state index in [4.69, 9.17) is 14.5 Å². The average molecular weight is 682 g/mol. The Morgan fingerprint density at radius 1 is 1.24 bits per heavy atom. The molecule has 1 fully saturated rings. The van der Waals surface area contributed by atoms with Crippen molar-refractivity contribution in [3.63, 3.8) is 0 Å². The molecule has 0 radical (unpaired) electrons. The zero-order valence-corrected chi connectivity index (χ0v) is 25.9. The molecule has 1 aliphatic heterocycles. The highest BCUT2D eigenvalue weighted by atomic mass is 32.2. The number of carbonyl (C=O) groups is 3. The lowest BCUT2D eigenvalue weighted by molar-refractivity contribution is -0.114. The Kier molecular flexibility index (Phi) is 9.88. The van der Waals surface area contributed by atoms with Crippen molar-refractivity contribution < 1.29 is 47.5 Å². The van der Waals surface area contributed by atoms with E-state index in [0.29, 0.717) is 36.4 Å². The molecule has 1 saturated carbocycles. The van der Waals surface area contributed by atoms with Gasteiger partial charge in [-0.3, -0.25) is 9.59 Å². The number of aryl methyl sites for hydroxylation is 1. The highest BCUT2D eigenvalue weighted by Gasteiger charge is 2.28. The molecule has 0 spiro atoms. The number of anilines is 2. The van der Waals surface area contributed by atoms with E-state index in [2.05, 4.69) is 30.1 Å². The molecule has 17 nitrogen and oxygen atoms in total. The Morgan fingerprint density at radius 2 is 1.98 bits per heavy atom. The number of hydrogen-bond acceptors (Lipinski definition) is 12. The van der Waals surface area contributed by atoms with Crippen LogP contribution in [0.5, 0.6) is 0 Å². The van der Waals surface area contributed by atoms with Crippen LogP contribution in [0.15, 0.2) is 28.3 Å². The zero-order chi connectivity index (χ0) is 33.2. The van der Waals surface area contributed by atoms with E-state index >= 15 is 0 Å². The number of rotatable bonds is 10. The van der Waals surface area contributed by atoms with Crippen molar-refractivity contribution in [2.45, 2.75) is 43.3 Å². The fourth-order valence-corrected chi connectivity index (χ4v) is 6.13. The fraction of sp³-hybridized carbons (Fsp3) is 0.423. The molecule has 1 aliphatic carbocycles. The molecule has 5 N–H and O–H groups in total. The van der Waals surface area contributed by atoms with Crippen molar-refractivity contribution in [1.82, 2.24) is 24.4 Å². The first kappa shape index (κ1) is 33.2. The molecule has 4 heterocycles. The van der Waals surface area contributed by atoms with Gasteiger partial charge in [0.2, 0.25) is 18.1 Å². The largest absolute Gasteiger partial charge is 0.477 e. The fourth-order valence-electron chi connectivity index (χ4n) is 5.24. The Balaban J connectivity index is 1.25. The van der Waals surface area contributed by atoms with Gasteiger partial charge >= 0.3 is 19.9 Å². The van der Waals surface area contributed by atoms with Gasteiger partial charge in [0.15, 0.2) is 17.5 Å². The van der Waals surface area contributed by atoms with Crippen LogP contribution in [0.25, 0.3) is 11.0 Å². The minimum absolute atomic E-state index is 0.0428. The van der Waals surface area contributed by atoms with Gasteiger partial charge < -0.3 is 39.7 Å². The number of fused-ring (bicyclic) bond motifs is 2. The third-order valence-corrected chi connectivity index (χ3v) is 8.82. The van der Waals surface area contributed by atoms with E-state index in [1.54, 1.807) is 0 Å². The van der Waals surface area contributed by atoms with Gasteiger partial charge in [-0.1, -0.05) is 11.8 Å². The van der Waals surface area contributed by atoms with Crippen LogP contribution >= 0.6 is 19.6 Å². The lowest BCUT2D eigenvalue weighted by Crippen LogP contribution is -2.38. The third-order valence-electron chi connectivity index (χ3n) is 7.40. The number of nitrogens with one attached hydrogen (secondary N) is 2. The lowest BCUT2D eigenvalue weighted by atomic mass is 9.85. The molecular formula is C26H29FN7O10PS. The Labute approximate surface area is 263 Å². The first-order valence-corrected chi connectivity index (χ1v) is 16.4. The number of carboxylic acid groups (broad SMARTS) is 1. The molecule has 0 atom stereocenters. The summed E-state index contributed by atoms with van der Waals surface area (Å²) in [5.41, 5.74) is -0.868. The first-order valence-electron chi connectivity index (χ1n) is 13.9. The van der Waals surface area contributed by atoms with Crippen LogP contribution in [0.2, 0.25) is 0 Å². The second-order valence-electron chi connectivity index (χ2n) is 10.7. The van der Waals surface area contributed by atoms with Crippen molar-refractivity contribution in [2.75, 3.05) is 29.7 Å². The van der Waals surface area contributed by atoms with Crippen LogP contribution in [0, 0.1) is 11.7 Å². The van der Waals surface area contributed by atoms with Crippen molar-refractivity contribution >= 4 is 60.2 Å². The van der Waals surface area contributed by atoms with Gasteiger partial charge in [0, 0.05) is 25.8 Å². The minimum atomic E-state index is -4.88. The van der Waals surface area contributed by atoms with Crippen LogP contribution < -0.4 is 16.1 Å². The van der Waals surface area contributed by atoms with Crippen molar-refractivity contribution in [3.8, 4) is 0 Å². The summed E-state index contributed by atoms with van der Waals surface area (Å²) in [5.74, 6) is -2.13. The number of pyridine rings is 2. The van der Waals surface area contributed by atoms with Gasteiger partial charge in [-0.05, 0) is 37.7 Å². The van der Waals surface area contributed by atoms with Gasteiger partial charge in [0.05, 0.1) is 29.6 Å². The number of ether oxygens (including phenoxy) is 1. The summed E-state index contributed by atoms with van der Waals surface area (Å²) in [4.78, 5) is 80.7. The number of thioether (sulfide) groups is 1. The number of phosphoric acid groups is 1. The number of aromatic carboxylic acids is 1. The number of nitrogens with zero attached hydrogens (tertiary/aromatic N) is 5. The van der Waals surface area contributed by atoms with Crippen LogP contribution in [0.1, 0.15) is 41.7 Å². The number of hydrogen-bond donors (Lipinski definition) is 5. The monoisotopic (exact) mass is 681 g/mol. The predicted octanol–water partition coefficient (Wildman–Crippen LogP) is 2.28. The van der Waals surface area contributed by atoms with Gasteiger partial charge in [-0.15, -0.1) is 0 Å². The van der Waals surface area contributed by atoms with E-state index in [-0.39, 0.29) is 59.4 Å². The molecule has 0 bridgehead atoms. The Morgan fingerprint density at radius 3 is 2.67 bits per heavy atom. The Bertz CT molecular complexity index is 1800. The molecule has 2 amide bonds. The standard InChI is InChI=1S/C26H29FN7O10PS/c1-33-10-17(25(37)38)20(36)16-6-18(27)21(32-23(16)33)29-14-4-2-13(3-5-14)8-34(26(39)43-12-44-45(40,41)42)9-15-7-28-24-22(30-15)31-19(35)11-46-24/h6-7,10,13-14H,2-5,8-9,11-12H2,1H3,(H,29,32)(H,37,38)(H,30,31,35)(H2,40,41,42). The topological polar surface area (TPSA) is 235 Å². The summed E-state index contributed by atoms with van der Waals surface area (Å²) in [7, 11) is -3.37. The molecular weight excluding hydrogens is 652 g/mol. The molecule has 0 aromatic carbocycles. The van der Waals surface area contributed by atoms with E-state index in [0.717, 1.165) is 12.3 Å². The summed E-state index contributed by atoms with van der Waals surface area (Å²) in [6.07, 6.45) is 4.00. The highest BCUT2D eigenvalue weighted by Crippen LogP contribution is 2.35. The SMILES string of the molecule is Cn1cc(C(=O)O)c(=O)c2cc(F)c(NC3CCC(CN(Cc4cnc5c(n4)NC(=O)CS5)C(=O)OCOP(=O)(O)O)CC3)nc21. The normalized spacial score (nSPS) is 18.0. The zero-order valence-electron chi connectivity index (χ0n) is 24.2. The van der Waals surface area contributed by atoms with Crippen LogP contribution in [0.4, 0.5) is 20.8 Å². The maximum absolute atomic E-state index is 15.0. The summed E-state index contributed by atoms with van der Waals surface area (Å²) < 4.78 is 36.5. The number of halogens is 1. The maximum atomic E-state index is 15.0. The summed E-state index contributed by atoms with van der Waals surface area (Å²) >= 11 is 1.23. The predicted molar refractivity (Wildman–Crippen MR) is 160 cm³/mol. The van der Waals surface area contributed by atoms with Gasteiger partial charge in [-0.25, -0.2) is 38.0 Å². The molecule has 5 rings (SSSR count). The number of phosphoric ester groups is 1. The van der Waals surface area contributed by atoms with E-state index in [9.17, 15) is 33.2 Å². The van der Waals surface area contributed by atoms with Gasteiger partial charge in [-0.2, -0.15) is 0 Å². The van der Waals surface area contributed by atoms with Crippen LogP contribution in [-0.4, -0.2) is 82.4 Å². The van der Waals surface area contributed by atoms with E-state index in [1.807, 2.05) is 0 Å². The van der Waals surface area contributed by atoms with E-state index in [1.165, 1.54) is 34.5 Å². The summed E-state index contributed by atoms with van der Waals surface area (Å²) in [6.45, 7) is -0.882. The summed E-state index contributed by atoms with van der Waals surface area (Å²) in [6, 6.07) is 0.772. The molecule has 2 aliphatic rings. The van der Waals surface area contributed by atoms with Crippen molar-refractivity contribution in [1.29, 1.82) is 0 Å². The van der Waals surface area contributed by atoms with E-state index < -0.39 is 43.5 Å². The Hall–Kier alpha value is -4.16. The molecule has 46 heavy (non-hydrogen) atoms. The number of carboxylic acids is 1. The lowest BCUT2D eigenvalue weighted by Gasteiger charge is -2.33. The van der Waals surface area contributed by atoms with Gasteiger partial charge in [0.25, 0.3) is 0 Å². The highest BCUT2D eigenvalue weighted by molar-refractivity contribution is 8.00. The van der Waals surface area contributed by atoms with Gasteiger partial charge in [0.1, 0.15) is 16.2 Å². The number of aromatic nitrogens is 4. The smallest absolute Gasteiger partial charge is 0.472 e. The van der Waals surface area contributed by atoms with Crippen LogP contribution in [0.3, 0.4) is 0 Å². The maximum Gasteiger partial charge on any atom is 0.472 e. The quantitative estimate of drug-likeness (QED) is 0.152. The molecule has 3 aromatic heterocycles. The second-order valence-corrected chi connectivity index (χ2v) is 12.9. The first-order chi connectivity index (χ1) is 21.8. The second kappa shape index (κ2) is 13.7. The molecule has 20 heteroatoms.